The molecule has 1 heterocycles. The van der Waals surface area contributed by atoms with E-state index in [2.05, 4.69) is 0 Å². The van der Waals surface area contributed by atoms with Crippen LogP contribution in [0.4, 0.5) is 0 Å². The molecule has 0 aliphatic carbocycles. The minimum Gasteiger partial charge on any atom is -0.495 e. The monoisotopic (exact) mass is 400 g/mol. The van der Waals surface area contributed by atoms with Gasteiger partial charge in [-0.25, -0.2) is 13.2 Å². The number of carbonyl (C=O) groups excluding carboxylic acids is 1. The summed E-state index contributed by atoms with van der Waals surface area (Å²) >= 11 is 0. The Morgan fingerprint density at radius 1 is 1.14 bits per heavy atom. The predicted molar refractivity (Wildman–Crippen MR) is 101 cm³/mol. The van der Waals surface area contributed by atoms with Crippen molar-refractivity contribution in [1.82, 2.24) is 4.31 Å². The molecule has 1 saturated heterocycles. The highest BCUT2D eigenvalue weighted by molar-refractivity contribution is 7.89. The number of nitrogens with zero attached hydrogens (tertiary/aromatic N) is 2. The van der Waals surface area contributed by atoms with Crippen LogP contribution < -0.4 is 4.74 Å². The van der Waals surface area contributed by atoms with Gasteiger partial charge < -0.3 is 9.47 Å². The van der Waals surface area contributed by atoms with Crippen LogP contribution in [-0.4, -0.2) is 38.9 Å². The van der Waals surface area contributed by atoms with E-state index in [0.29, 0.717) is 18.7 Å². The number of ether oxygens (including phenoxy) is 2. The zero-order chi connectivity index (χ0) is 20.1. The number of nitriles is 1. The van der Waals surface area contributed by atoms with Gasteiger partial charge in [-0.15, -0.1) is 0 Å². The standard InChI is InChI=1S/C20H20N2O5S/c1-26-18-9-8-17(12-19(18)28(24,25)22-10-2-3-11-22)20(23)27-14-16-6-4-15(13-21)5-7-16/h4-9,12H,2-3,10-11,14H2,1H3. The summed E-state index contributed by atoms with van der Waals surface area (Å²) in [6.07, 6.45) is 1.63. The largest absolute Gasteiger partial charge is 0.495 e. The molecule has 7 nitrogen and oxygen atoms in total. The first-order chi connectivity index (χ1) is 13.5. The van der Waals surface area contributed by atoms with Gasteiger partial charge in [-0.05, 0) is 48.7 Å². The fourth-order valence-electron chi connectivity index (χ4n) is 2.98. The molecule has 1 fully saturated rings. The average molecular weight is 400 g/mol. The van der Waals surface area contributed by atoms with Crippen LogP contribution in [0.3, 0.4) is 0 Å². The zero-order valence-corrected chi connectivity index (χ0v) is 16.2. The SMILES string of the molecule is COc1ccc(C(=O)OCc2ccc(C#N)cc2)cc1S(=O)(=O)N1CCCC1. The lowest BCUT2D eigenvalue weighted by Crippen LogP contribution is -2.28. The maximum Gasteiger partial charge on any atom is 0.338 e. The Morgan fingerprint density at radius 3 is 2.43 bits per heavy atom. The molecule has 3 rings (SSSR count). The van der Waals surface area contributed by atoms with E-state index in [9.17, 15) is 13.2 Å². The summed E-state index contributed by atoms with van der Waals surface area (Å²) in [7, 11) is -2.35. The second kappa shape index (κ2) is 8.42. The molecule has 0 saturated carbocycles. The maximum absolute atomic E-state index is 12.9. The number of sulfonamides is 1. The van der Waals surface area contributed by atoms with Crippen LogP contribution in [0.2, 0.25) is 0 Å². The summed E-state index contributed by atoms with van der Waals surface area (Å²) in [5, 5.41) is 8.81. The van der Waals surface area contributed by atoms with Crippen molar-refractivity contribution in [3.8, 4) is 11.8 Å². The smallest absolute Gasteiger partial charge is 0.338 e. The molecule has 0 spiro atoms. The number of hydrogen-bond donors (Lipinski definition) is 0. The lowest BCUT2D eigenvalue weighted by atomic mass is 10.1. The first kappa shape index (κ1) is 19.9. The van der Waals surface area contributed by atoms with E-state index >= 15 is 0 Å². The fraction of sp³-hybridized carbons (Fsp3) is 0.300. The highest BCUT2D eigenvalue weighted by atomic mass is 32.2. The minimum absolute atomic E-state index is 0.0186. The Hall–Kier alpha value is -2.89. The quantitative estimate of drug-likeness (QED) is 0.692. The second-order valence-electron chi connectivity index (χ2n) is 6.36. The molecule has 28 heavy (non-hydrogen) atoms. The lowest BCUT2D eigenvalue weighted by Gasteiger charge is -2.18. The molecular weight excluding hydrogens is 380 g/mol. The van der Waals surface area contributed by atoms with Crippen LogP contribution in [0.1, 0.15) is 34.3 Å². The second-order valence-corrected chi connectivity index (χ2v) is 8.27. The van der Waals surface area contributed by atoms with Gasteiger partial charge in [0.1, 0.15) is 17.3 Å². The highest BCUT2D eigenvalue weighted by Crippen LogP contribution is 2.30. The fourth-order valence-corrected chi connectivity index (χ4v) is 4.68. The third kappa shape index (κ3) is 4.16. The van der Waals surface area contributed by atoms with Crippen molar-refractivity contribution in [2.75, 3.05) is 20.2 Å². The van der Waals surface area contributed by atoms with E-state index in [1.54, 1.807) is 24.3 Å². The Morgan fingerprint density at radius 2 is 1.82 bits per heavy atom. The molecule has 0 aromatic heterocycles. The van der Waals surface area contributed by atoms with Crippen molar-refractivity contribution < 1.29 is 22.7 Å². The van der Waals surface area contributed by atoms with Crippen LogP contribution in [0.5, 0.6) is 5.75 Å². The Kier molecular flexibility index (Phi) is 5.97. The lowest BCUT2D eigenvalue weighted by molar-refractivity contribution is 0.0472. The zero-order valence-electron chi connectivity index (χ0n) is 15.4. The van der Waals surface area contributed by atoms with Gasteiger partial charge in [-0.2, -0.15) is 9.57 Å². The third-order valence-electron chi connectivity index (χ3n) is 4.54. The highest BCUT2D eigenvalue weighted by Gasteiger charge is 2.30. The number of carbonyl (C=O) groups is 1. The van der Waals surface area contributed by atoms with Crippen molar-refractivity contribution in [2.24, 2.45) is 0 Å². The predicted octanol–water partition coefficient (Wildman–Crippen LogP) is 2.71. The molecule has 0 atom stereocenters. The van der Waals surface area contributed by atoms with E-state index in [1.807, 2.05) is 6.07 Å². The molecule has 1 aliphatic heterocycles. The number of rotatable bonds is 6. The number of methoxy groups -OCH3 is 1. The van der Waals surface area contributed by atoms with Crippen molar-refractivity contribution in [1.29, 1.82) is 5.26 Å². The summed E-state index contributed by atoms with van der Waals surface area (Å²) in [4.78, 5) is 12.4. The van der Waals surface area contributed by atoms with Crippen LogP contribution >= 0.6 is 0 Å². The molecular formula is C20H20N2O5S. The summed E-state index contributed by atoms with van der Waals surface area (Å²) < 4.78 is 37.7. The summed E-state index contributed by atoms with van der Waals surface area (Å²) in [5.41, 5.74) is 1.37. The Balaban J connectivity index is 1.79. The van der Waals surface area contributed by atoms with Crippen molar-refractivity contribution in [3.05, 3.63) is 59.2 Å². The Bertz CT molecular complexity index is 1000. The molecule has 2 aromatic carbocycles. The van der Waals surface area contributed by atoms with Gasteiger partial charge in [0.15, 0.2) is 0 Å². The van der Waals surface area contributed by atoms with Gasteiger partial charge in [0, 0.05) is 13.1 Å². The minimum atomic E-state index is -3.74. The van der Waals surface area contributed by atoms with E-state index in [4.69, 9.17) is 14.7 Å². The van der Waals surface area contributed by atoms with Crippen molar-refractivity contribution >= 4 is 16.0 Å². The van der Waals surface area contributed by atoms with Crippen LogP contribution in [0, 0.1) is 11.3 Å². The summed E-state index contributed by atoms with van der Waals surface area (Å²) in [6.45, 7) is 0.933. The summed E-state index contributed by atoms with van der Waals surface area (Å²) in [6, 6.07) is 12.9. The van der Waals surface area contributed by atoms with Gasteiger partial charge in [0.2, 0.25) is 10.0 Å². The van der Waals surface area contributed by atoms with Crippen LogP contribution in [-0.2, 0) is 21.4 Å². The van der Waals surface area contributed by atoms with E-state index in [-0.39, 0.29) is 22.8 Å². The van der Waals surface area contributed by atoms with Crippen LogP contribution in [0.15, 0.2) is 47.4 Å². The molecule has 2 aromatic rings. The number of hydrogen-bond acceptors (Lipinski definition) is 6. The molecule has 0 radical (unpaired) electrons. The Labute approximate surface area is 164 Å². The van der Waals surface area contributed by atoms with Crippen LogP contribution in [0.25, 0.3) is 0 Å². The normalized spacial score (nSPS) is 14.4. The van der Waals surface area contributed by atoms with Crippen molar-refractivity contribution in [2.45, 2.75) is 24.3 Å². The molecule has 0 amide bonds. The molecule has 146 valence electrons. The van der Waals surface area contributed by atoms with Crippen molar-refractivity contribution in [3.63, 3.8) is 0 Å². The first-order valence-electron chi connectivity index (χ1n) is 8.80. The van der Waals surface area contributed by atoms with Gasteiger partial charge >= 0.3 is 5.97 Å². The summed E-state index contributed by atoms with van der Waals surface area (Å²) in [5.74, 6) is -0.444. The molecule has 8 heteroatoms. The average Bonchev–Trinajstić information content (AvgIpc) is 3.27. The molecule has 0 N–H and O–H groups in total. The number of benzene rings is 2. The molecule has 1 aliphatic rings. The van der Waals surface area contributed by atoms with E-state index in [0.717, 1.165) is 18.4 Å². The maximum atomic E-state index is 12.9. The van der Waals surface area contributed by atoms with Gasteiger partial charge in [0.05, 0.1) is 24.3 Å². The third-order valence-corrected chi connectivity index (χ3v) is 6.45. The molecule has 0 bridgehead atoms. The number of esters is 1. The van der Waals surface area contributed by atoms with E-state index in [1.165, 1.54) is 29.6 Å². The molecule has 0 unspecified atom stereocenters. The van der Waals surface area contributed by atoms with Gasteiger partial charge in [-0.1, -0.05) is 12.1 Å². The first-order valence-corrected chi connectivity index (χ1v) is 10.2. The van der Waals surface area contributed by atoms with E-state index < -0.39 is 16.0 Å². The van der Waals surface area contributed by atoms with Gasteiger partial charge in [-0.3, -0.25) is 0 Å². The topological polar surface area (TPSA) is 96.7 Å². The van der Waals surface area contributed by atoms with Gasteiger partial charge in [0.25, 0.3) is 0 Å².